The highest BCUT2D eigenvalue weighted by Gasteiger charge is 2.14. The predicted molar refractivity (Wildman–Crippen MR) is 128 cm³/mol. The monoisotopic (exact) mass is 530 g/mol. The highest BCUT2D eigenvalue weighted by atomic mass is 79.9. The van der Waals surface area contributed by atoms with Crippen LogP contribution in [0.1, 0.15) is 21.7 Å². The topological polar surface area (TPSA) is 73.1 Å². The maximum absolute atomic E-state index is 13.4. The van der Waals surface area contributed by atoms with Crippen molar-refractivity contribution >= 4 is 50.6 Å². The van der Waals surface area contributed by atoms with Crippen LogP contribution in [0.25, 0.3) is 11.0 Å². The first-order valence-corrected chi connectivity index (χ1v) is 10.9. The van der Waals surface area contributed by atoms with Gasteiger partial charge in [-0.25, -0.2) is 9.82 Å². The quantitative estimate of drug-likeness (QED) is 0.223. The molecule has 6 nitrogen and oxygen atoms in total. The van der Waals surface area contributed by atoms with Crippen LogP contribution in [0.3, 0.4) is 0 Å². The van der Waals surface area contributed by atoms with Crippen LogP contribution in [0, 0.1) is 5.82 Å². The third-order valence-electron chi connectivity index (χ3n) is 4.61. The van der Waals surface area contributed by atoms with Gasteiger partial charge >= 0.3 is 5.91 Å². The Morgan fingerprint density at radius 1 is 1.21 bits per heavy atom. The minimum atomic E-state index is -0.494. The number of amides is 1. The molecule has 0 fully saturated rings. The molecule has 4 rings (SSSR count). The van der Waals surface area contributed by atoms with Gasteiger partial charge in [0.15, 0.2) is 17.3 Å². The number of ether oxygens (including phenoxy) is 2. The summed E-state index contributed by atoms with van der Waals surface area (Å²) in [4.78, 5) is 12.3. The fourth-order valence-electron chi connectivity index (χ4n) is 3.08. The van der Waals surface area contributed by atoms with Crippen molar-refractivity contribution < 1.29 is 23.1 Å². The second-order valence-corrected chi connectivity index (χ2v) is 8.27. The molecule has 0 saturated heterocycles. The van der Waals surface area contributed by atoms with Gasteiger partial charge in [-0.3, -0.25) is 4.79 Å². The maximum atomic E-state index is 13.4. The molecule has 9 heteroatoms. The number of halogens is 3. The highest BCUT2D eigenvalue weighted by Crippen LogP contribution is 2.36. The Labute approximate surface area is 202 Å². The first kappa shape index (κ1) is 22.8. The van der Waals surface area contributed by atoms with Crippen LogP contribution in [0.5, 0.6) is 11.5 Å². The van der Waals surface area contributed by atoms with Crippen molar-refractivity contribution in [1.29, 1.82) is 0 Å². The van der Waals surface area contributed by atoms with Crippen LogP contribution in [0.2, 0.25) is 5.02 Å². The molecule has 33 heavy (non-hydrogen) atoms. The zero-order valence-corrected chi connectivity index (χ0v) is 19.6. The van der Waals surface area contributed by atoms with E-state index in [0.717, 1.165) is 9.86 Å². The molecule has 0 bridgehead atoms. The second-order valence-electron chi connectivity index (χ2n) is 6.94. The number of carbonyl (C=O) groups is 1. The molecule has 4 aromatic rings. The molecular weight excluding hydrogens is 515 g/mol. The van der Waals surface area contributed by atoms with Crippen LogP contribution >= 0.6 is 27.5 Å². The molecule has 0 atom stereocenters. The van der Waals surface area contributed by atoms with Crippen LogP contribution in [0.4, 0.5) is 4.39 Å². The summed E-state index contributed by atoms with van der Waals surface area (Å²) in [6.07, 6.45) is 1.42. The second kappa shape index (κ2) is 10.1. The molecule has 0 unspecified atom stereocenters. The van der Waals surface area contributed by atoms with Crippen LogP contribution < -0.4 is 14.9 Å². The summed E-state index contributed by atoms with van der Waals surface area (Å²) in [5.41, 5.74) is 4.24. The molecule has 1 heterocycles. The molecular formula is C24H17BrClFN2O4. The average Bonchev–Trinajstić information content (AvgIpc) is 3.21. The van der Waals surface area contributed by atoms with E-state index in [9.17, 15) is 9.18 Å². The van der Waals surface area contributed by atoms with Gasteiger partial charge in [0.2, 0.25) is 0 Å². The lowest BCUT2D eigenvalue weighted by atomic mass is 10.2. The Balaban J connectivity index is 1.44. The Morgan fingerprint density at radius 3 is 2.85 bits per heavy atom. The number of methoxy groups -OCH3 is 1. The van der Waals surface area contributed by atoms with Gasteiger partial charge in [-0.2, -0.15) is 5.10 Å². The molecule has 0 saturated carbocycles. The SMILES string of the molecule is COc1cc(/C=N/NC(=O)c2cc3cc(Br)ccc3o2)cc(Cl)c1OCc1cccc(F)c1. The van der Waals surface area contributed by atoms with E-state index < -0.39 is 5.91 Å². The Kier molecular flexibility index (Phi) is 6.96. The fourth-order valence-corrected chi connectivity index (χ4v) is 3.74. The lowest BCUT2D eigenvalue weighted by Gasteiger charge is -2.13. The van der Waals surface area contributed by atoms with Gasteiger partial charge in [-0.15, -0.1) is 0 Å². The first-order chi connectivity index (χ1) is 15.9. The van der Waals surface area contributed by atoms with Crippen molar-refractivity contribution in [3.8, 4) is 11.5 Å². The van der Waals surface area contributed by atoms with E-state index in [-0.39, 0.29) is 23.2 Å². The van der Waals surface area contributed by atoms with Gasteiger partial charge in [-0.05, 0) is 59.7 Å². The smallest absolute Gasteiger partial charge is 0.307 e. The Hall–Kier alpha value is -3.36. The van der Waals surface area contributed by atoms with Crippen molar-refractivity contribution in [1.82, 2.24) is 5.43 Å². The van der Waals surface area contributed by atoms with E-state index in [1.165, 1.54) is 25.5 Å². The summed E-state index contributed by atoms with van der Waals surface area (Å²) >= 11 is 9.74. The molecule has 0 radical (unpaired) electrons. The minimum absolute atomic E-state index is 0.116. The molecule has 0 aliphatic carbocycles. The van der Waals surface area contributed by atoms with Crippen LogP contribution in [-0.4, -0.2) is 19.2 Å². The molecule has 168 valence electrons. The number of hydrazone groups is 1. The van der Waals surface area contributed by atoms with Gasteiger partial charge in [-0.1, -0.05) is 39.7 Å². The molecule has 1 aromatic heterocycles. The van der Waals surface area contributed by atoms with E-state index in [1.54, 1.807) is 36.4 Å². The summed E-state index contributed by atoms with van der Waals surface area (Å²) < 4.78 is 30.9. The molecule has 0 spiro atoms. The number of hydrogen-bond donors (Lipinski definition) is 1. The Bertz CT molecular complexity index is 1360. The molecule has 0 aliphatic heterocycles. The predicted octanol–water partition coefficient (Wildman–Crippen LogP) is 6.34. The van der Waals surface area contributed by atoms with Gasteiger partial charge in [0, 0.05) is 9.86 Å². The number of nitrogens with one attached hydrogen (secondary N) is 1. The highest BCUT2D eigenvalue weighted by molar-refractivity contribution is 9.10. The maximum Gasteiger partial charge on any atom is 0.307 e. The number of benzene rings is 3. The van der Waals surface area contributed by atoms with Crippen LogP contribution in [-0.2, 0) is 6.61 Å². The minimum Gasteiger partial charge on any atom is -0.493 e. The molecule has 0 aliphatic rings. The van der Waals surface area contributed by atoms with Crippen molar-refractivity contribution in [2.24, 2.45) is 5.10 Å². The average molecular weight is 532 g/mol. The van der Waals surface area contributed by atoms with Gasteiger partial charge in [0.1, 0.15) is 18.0 Å². The first-order valence-electron chi connectivity index (χ1n) is 9.70. The van der Waals surface area contributed by atoms with E-state index in [4.69, 9.17) is 25.5 Å². The zero-order chi connectivity index (χ0) is 23.4. The summed E-state index contributed by atoms with van der Waals surface area (Å²) in [5, 5.41) is 5.04. The Morgan fingerprint density at radius 2 is 2.06 bits per heavy atom. The van der Waals surface area contributed by atoms with Crippen molar-refractivity contribution in [3.05, 3.63) is 92.9 Å². The summed E-state index contributed by atoms with van der Waals surface area (Å²) in [5.74, 6) is -0.0190. The number of rotatable bonds is 7. The van der Waals surface area contributed by atoms with Crippen molar-refractivity contribution in [3.63, 3.8) is 0 Å². The summed E-state index contributed by atoms with van der Waals surface area (Å²) in [6, 6.07) is 16.4. The molecule has 1 amide bonds. The fraction of sp³-hybridized carbons (Fsp3) is 0.0833. The van der Waals surface area contributed by atoms with E-state index in [2.05, 4.69) is 26.5 Å². The van der Waals surface area contributed by atoms with Crippen molar-refractivity contribution in [2.75, 3.05) is 7.11 Å². The van der Waals surface area contributed by atoms with E-state index in [0.29, 0.717) is 28.2 Å². The van der Waals surface area contributed by atoms with Gasteiger partial charge in [0.25, 0.3) is 0 Å². The molecule has 3 aromatic carbocycles. The normalized spacial score (nSPS) is 11.2. The molecule has 1 N–H and O–H groups in total. The van der Waals surface area contributed by atoms with Gasteiger partial charge < -0.3 is 13.9 Å². The summed E-state index contributed by atoms with van der Waals surface area (Å²) in [7, 11) is 1.48. The number of furan rings is 1. The number of carbonyl (C=O) groups excluding carboxylic acids is 1. The lowest BCUT2D eigenvalue weighted by Crippen LogP contribution is -2.16. The third kappa shape index (κ3) is 5.53. The number of hydrogen-bond acceptors (Lipinski definition) is 5. The number of nitrogens with zero attached hydrogens (tertiary/aromatic N) is 1. The van der Waals surface area contributed by atoms with E-state index in [1.807, 2.05) is 12.1 Å². The zero-order valence-electron chi connectivity index (χ0n) is 17.3. The van der Waals surface area contributed by atoms with Crippen LogP contribution in [0.15, 0.2) is 74.7 Å². The lowest BCUT2D eigenvalue weighted by molar-refractivity contribution is 0.0929. The number of fused-ring (bicyclic) bond motifs is 1. The third-order valence-corrected chi connectivity index (χ3v) is 5.38. The van der Waals surface area contributed by atoms with E-state index >= 15 is 0 Å². The summed E-state index contributed by atoms with van der Waals surface area (Å²) in [6.45, 7) is 0.116. The van der Waals surface area contributed by atoms with Crippen molar-refractivity contribution in [2.45, 2.75) is 6.61 Å². The standard InChI is InChI=1S/C24H17BrClFN2O4/c1-31-21-9-15(8-19(26)23(21)32-13-14-3-2-4-18(27)7-14)12-28-29-24(30)22-11-16-10-17(25)5-6-20(16)33-22/h2-12H,13H2,1H3,(H,29,30)/b28-12+. The largest absolute Gasteiger partial charge is 0.493 e. The van der Waals surface area contributed by atoms with Gasteiger partial charge in [0.05, 0.1) is 18.3 Å².